The number of fused-ring (bicyclic) bond motifs is 6. The predicted octanol–water partition coefficient (Wildman–Crippen LogP) is 17.7. The van der Waals surface area contributed by atoms with E-state index in [1.807, 2.05) is 100 Å². The fourth-order valence-corrected chi connectivity index (χ4v) is 11.6. The molecule has 7 nitrogen and oxygen atoms in total. The first-order chi connectivity index (χ1) is 37.8. The Balaban J connectivity index is 0.000000164. The van der Waals surface area contributed by atoms with E-state index in [1.165, 1.54) is 76.3 Å². The second kappa shape index (κ2) is 31.0. The molecule has 0 bridgehead atoms. The van der Waals surface area contributed by atoms with Crippen molar-refractivity contribution in [1.82, 2.24) is 29.9 Å². The van der Waals surface area contributed by atoms with Gasteiger partial charge in [-0.2, -0.15) is 31.3 Å². The summed E-state index contributed by atoms with van der Waals surface area (Å²) >= 11 is 27.0. The molecule has 0 amide bonds. The fourth-order valence-electron chi connectivity index (χ4n) is 8.18. The zero-order valence-electron chi connectivity index (χ0n) is 43.2. The molecule has 12 aromatic rings. The molecule has 1 aliphatic rings. The molecule has 78 heavy (non-hydrogen) atoms. The number of aromatic nitrogens is 6. The first-order valence-corrected chi connectivity index (χ1v) is 30.5. The van der Waals surface area contributed by atoms with E-state index in [-0.39, 0.29) is 34.7 Å². The van der Waals surface area contributed by atoms with Crippen molar-refractivity contribution in [1.29, 1.82) is 0 Å². The maximum atomic E-state index is 6.27. The van der Waals surface area contributed by atoms with Gasteiger partial charge in [-0.1, -0.05) is 216 Å². The summed E-state index contributed by atoms with van der Waals surface area (Å²) in [6, 6.07) is 66.3. The summed E-state index contributed by atoms with van der Waals surface area (Å²) in [5.41, 5.74) is 7.57. The quantitative estimate of drug-likeness (QED) is 0.0709. The van der Waals surface area contributed by atoms with Crippen molar-refractivity contribution in [3.63, 3.8) is 0 Å². The summed E-state index contributed by atoms with van der Waals surface area (Å²) in [6.07, 6.45) is 4.83. The standard InChI is InChI=1S/C27H16ClN3S.C18H11BrS.C9H5Cl2N3.C4H8O.C4H9.CH3I.Li/c28-27-30-25(17-8-2-1-3-9-17)29-26(31-27)19-11-6-10-18(16-19)20-13-7-14-22-21-12-4-5-15-23(21)32-24(20)22;19-13-6-3-5-12(11-13)14-8-4-9-16-15-7-1-2-10-17(15)20-18(14)16;10-8-12-7(13-9(11)14-8)6-4-2-1-3-5-6;1-2-4-5-3-1;1-3-4-2;1-2;/h1-16H;1-11H;1-5H;1-4H2;1,3-4H2,2H3;1H3;/q;;;;-1;;+1. The molecule has 8 aromatic carbocycles. The number of thiophene rings is 2. The average Bonchev–Trinajstić information content (AvgIpc) is 4.35. The first kappa shape index (κ1) is 60.5. The molecule has 1 fully saturated rings. The number of hydrogen-bond acceptors (Lipinski definition) is 9. The number of unbranched alkanes of at least 4 members (excludes halogenated alkanes) is 1. The van der Waals surface area contributed by atoms with Gasteiger partial charge in [0.05, 0.1) is 0 Å². The van der Waals surface area contributed by atoms with Crippen LogP contribution in [0.1, 0.15) is 32.6 Å². The van der Waals surface area contributed by atoms with E-state index >= 15 is 0 Å². The maximum absolute atomic E-state index is 6.27. The Bertz CT molecular complexity index is 3800. The van der Waals surface area contributed by atoms with E-state index in [0.717, 1.165) is 46.4 Å². The van der Waals surface area contributed by atoms with Crippen molar-refractivity contribution in [2.75, 3.05) is 18.1 Å². The molecular formula is C63H52BrCl3ILiN6OS2. The molecule has 0 saturated carbocycles. The van der Waals surface area contributed by atoms with Crippen LogP contribution >= 0.6 is 96.0 Å². The van der Waals surface area contributed by atoms with Gasteiger partial charge in [-0.3, -0.25) is 0 Å². The summed E-state index contributed by atoms with van der Waals surface area (Å²) in [4.78, 5) is 27.0. The molecule has 0 atom stereocenters. The third kappa shape index (κ3) is 16.0. The van der Waals surface area contributed by atoms with Crippen molar-refractivity contribution < 1.29 is 23.6 Å². The summed E-state index contributed by atoms with van der Waals surface area (Å²) in [6.45, 7) is 7.72. The van der Waals surface area contributed by atoms with Gasteiger partial charge in [-0.25, -0.2) is 4.98 Å². The van der Waals surface area contributed by atoms with Crippen LogP contribution in [0.15, 0.2) is 199 Å². The molecule has 388 valence electrons. The minimum atomic E-state index is 0. The number of alkyl halides is 1. The van der Waals surface area contributed by atoms with Crippen LogP contribution in [0, 0.1) is 6.92 Å². The van der Waals surface area contributed by atoms with Gasteiger partial charge in [0, 0.05) is 74.7 Å². The van der Waals surface area contributed by atoms with Gasteiger partial charge in [-0.15, -0.1) is 22.7 Å². The second-order valence-corrected chi connectivity index (χ2v) is 21.0. The van der Waals surface area contributed by atoms with E-state index in [0.29, 0.717) is 17.5 Å². The smallest absolute Gasteiger partial charge is 0.381 e. The van der Waals surface area contributed by atoms with Crippen LogP contribution in [0.25, 0.3) is 96.8 Å². The minimum Gasteiger partial charge on any atom is -0.381 e. The third-order valence-corrected chi connectivity index (χ3v) is 15.2. The predicted molar refractivity (Wildman–Crippen MR) is 342 cm³/mol. The molecule has 13 rings (SSSR count). The van der Waals surface area contributed by atoms with E-state index in [1.54, 1.807) is 0 Å². The number of halogens is 5. The molecule has 1 aliphatic heterocycles. The Labute approximate surface area is 513 Å². The van der Waals surface area contributed by atoms with Crippen molar-refractivity contribution in [3.05, 3.63) is 221 Å². The molecule has 0 spiro atoms. The van der Waals surface area contributed by atoms with Gasteiger partial charge < -0.3 is 11.7 Å². The molecule has 0 N–H and O–H groups in total. The topological polar surface area (TPSA) is 86.6 Å². The second-order valence-electron chi connectivity index (χ2n) is 17.0. The Kier molecular flexibility index (Phi) is 24.1. The molecule has 0 radical (unpaired) electrons. The molecule has 1 saturated heterocycles. The molecule has 15 heteroatoms. The Hall–Kier alpha value is -5.14. The van der Waals surface area contributed by atoms with Crippen LogP contribution < -0.4 is 18.9 Å². The monoisotopic (exact) mass is 1290 g/mol. The third-order valence-electron chi connectivity index (χ3n) is 11.8. The van der Waals surface area contributed by atoms with E-state index in [2.05, 4.69) is 199 Å². The van der Waals surface area contributed by atoms with Gasteiger partial charge >= 0.3 is 18.9 Å². The number of hydrogen-bond donors (Lipinski definition) is 0. The van der Waals surface area contributed by atoms with Crippen molar-refractivity contribution >= 4 is 136 Å². The van der Waals surface area contributed by atoms with Gasteiger partial charge in [-0.05, 0) is 105 Å². The van der Waals surface area contributed by atoms with Crippen LogP contribution in [0.3, 0.4) is 0 Å². The summed E-state index contributed by atoms with van der Waals surface area (Å²) in [7, 11) is 0. The van der Waals surface area contributed by atoms with Gasteiger partial charge in [0.15, 0.2) is 17.5 Å². The van der Waals surface area contributed by atoms with Gasteiger partial charge in [0.1, 0.15) is 0 Å². The minimum absolute atomic E-state index is 0. The van der Waals surface area contributed by atoms with Crippen LogP contribution in [0.4, 0.5) is 0 Å². The zero-order valence-corrected chi connectivity index (χ0v) is 50.9. The number of benzene rings is 8. The molecule has 5 heterocycles. The SMILES string of the molecule is Brc1cccc(-c2cccc3c2sc2ccccc23)c1.C1CCOC1.CI.Clc1nc(-c2ccccc2)nc(-c2cccc(-c3cccc4c3sc3ccccc34)c2)n1.Clc1nc(Cl)nc(-c2ccccc2)n1.[CH2-]CCC.[Li+]. The summed E-state index contributed by atoms with van der Waals surface area (Å²) in [5, 5.41) is 5.66. The van der Waals surface area contributed by atoms with Gasteiger partial charge in [0.2, 0.25) is 15.9 Å². The first-order valence-electron chi connectivity index (χ1n) is 24.8. The Morgan fingerprint density at radius 1 is 0.462 bits per heavy atom. The van der Waals surface area contributed by atoms with Crippen molar-refractivity contribution in [2.24, 2.45) is 0 Å². The Morgan fingerprint density at radius 2 is 0.833 bits per heavy atom. The van der Waals surface area contributed by atoms with Crippen LogP contribution in [-0.4, -0.2) is 48.0 Å². The van der Waals surface area contributed by atoms with E-state index in [9.17, 15) is 0 Å². The maximum Gasteiger partial charge on any atom is 1.00 e. The molecule has 0 unspecified atom stereocenters. The summed E-state index contributed by atoms with van der Waals surface area (Å²) < 4.78 is 11.4. The molecular weight excluding hydrogens is 1240 g/mol. The van der Waals surface area contributed by atoms with E-state index in [4.69, 9.17) is 44.5 Å². The van der Waals surface area contributed by atoms with Gasteiger partial charge in [0.25, 0.3) is 0 Å². The van der Waals surface area contributed by atoms with Crippen molar-refractivity contribution in [2.45, 2.75) is 32.6 Å². The number of rotatable bonds is 6. The number of ether oxygens (including phenoxy) is 1. The Morgan fingerprint density at radius 3 is 1.29 bits per heavy atom. The summed E-state index contributed by atoms with van der Waals surface area (Å²) in [5.74, 6) is 1.61. The normalized spacial score (nSPS) is 11.3. The molecule has 0 aliphatic carbocycles. The average molecular weight is 1290 g/mol. The number of nitrogens with zero attached hydrogens (tertiary/aromatic N) is 6. The van der Waals surface area contributed by atoms with Crippen LogP contribution in [-0.2, 0) is 4.74 Å². The molecule has 4 aromatic heterocycles. The van der Waals surface area contributed by atoms with E-state index < -0.39 is 0 Å². The van der Waals surface area contributed by atoms with Crippen LogP contribution in [0.2, 0.25) is 15.9 Å². The van der Waals surface area contributed by atoms with Crippen LogP contribution in [0.5, 0.6) is 0 Å². The zero-order chi connectivity index (χ0) is 53.9. The van der Waals surface area contributed by atoms with Crippen molar-refractivity contribution in [3.8, 4) is 56.4 Å². The fraction of sp³-hybridized carbons (Fsp3) is 0.127. The largest absolute Gasteiger partial charge is 1.00 e.